The Hall–Kier alpha value is -0.870. The Labute approximate surface area is 101 Å². The SMILES string of the molecule is CC(C)N1CCN(c2ccc(C=O)s2)CC1. The summed E-state index contributed by atoms with van der Waals surface area (Å²) < 4.78 is 0. The molecule has 4 heteroatoms. The fraction of sp³-hybridized carbons (Fsp3) is 0.583. The van der Waals surface area contributed by atoms with Crippen LogP contribution in [0.1, 0.15) is 23.5 Å². The second-order valence-corrected chi connectivity index (χ2v) is 5.50. The summed E-state index contributed by atoms with van der Waals surface area (Å²) in [5.74, 6) is 0. The van der Waals surface area contributed by atoms with E-state index in [9.17, 15) is 4.79 Å². The molecule has 0 amide bonds. The summed E-state index contributed by atoms with van der Waals surface area (Å²) in [6, 6.07) is 4.59. The van der Waals surface area contributed by atoms with Gasteiger partial charge >= 0.3 is 0 Å². The third-order valence-electron chi connectivity index (χ3n) is 3.08. The third-order valence-corrected chi connectivity index (χ3v) is 4.16. The van der Waals surface area contributed by atoms with Crippen molar-refractivity contribution in [3.63, 3.8) is 0 Å². The highest BCUT2D eigenvalue weighted by Gasteiger charge is 2.19. The standard InChI is InChI=1S/C12H18N2OS/c1-10(2)13-5-7-14(8-6-13)12-4-3-11(9-15)16-12/h3-4,9-10H,5-8H2,1-2H3. The molecule has 0 N–H and O–H groups in total. The van der Waals surface area contributed by atoms with Gasteiger partial charge in [0.25, 0.3) is 0 Å². The quantitative estimate of drug-likeness (QED) is 0.753. The summed E-state index contributed by atoms with van der Waals surface area (Å²) in [4.78, 5) is 16.3. The van der Waals surface area contributed by atoms with Crippen molar-refractivity contribution in [1.82, 2.24) is 4.90 Å². The number of hydrogen-bond donors (Lipinski definition) is 0. The van der Waals surface area contributed by atoms with Crippen LogP contribution in [0.2, 0.25) is 0 Å². The predicted molar refractivity (Wildman–Crippen MR) is 68.6 cm³/mol. The van der Waals surface area contributed by atoms with Crippen molar-refractivity contribution in [3.05, 3.63) is 17.0 Å². The lowest BCUT2D eigenvalue weighted by atomic mass is 10.2. The Balaban J connectivity index is 1.96. The van der Waals surface area contributed by atoms with Gasteiger partial charge in [-0.3, -0.25) is 9.69 Å². The van der Waals surface area contributed by atoms with E-state index in [1.807, 2.05) is 6.07 Å². The molecule has 0 saturated carbocycles. The normalized spacial score (nSPS) is 18.1. The summed E-state index contributed by atoms with van der Waals surface area (Å²) in [6.07, 6.45) is 0.929. The van der Waals surface area contributed by atoms with Crippen LogP contribution in [-0.4, -0.2) is 43.4 Å². The molecule has 0 aliphatic carbocycles. The molecule has 0 aromatic carbocycles. The number of rotatable bonds is 3. The number of hydrogen-bond acceptors (Lipinski definition) is 4. The molecule has 88 valence electrons. The summed E-state index contributed by atoms with van der Waals surface area (Å²) in [5.41, 5.74) is 0. The van der Waals surface area contributed by atoms with Crippen LogP contribution in [0.5, 0.6) is 0 Å². The van der Waals surface area contributed by atoms with E-state index < -0.39 is 0 Å². The van der Waals surface area contributed by atoms with Gasteiger partial charge in [-0.2, -0.15) is 0 Å². The first-order valence-electron chi connectivity index (χ1n) is 5.74. The van der Waals surface area contributed by atoms with Crippen LogP contribution in [0.15, 0.2) is 12.1 Å². The van der Waals surface area contributed by atoms with E-state index in [-0.39, 0.29) is 0 Å². The van der Waals surface area contributed by atoms with Crippen molar-refractivity contribution in [2.45, 2.75) is 19.9 Å². The molecule has 1 saturated heterocycles. The van der Waals surface area contributed by atoms with Gasteiger partial charge in [0.1, 0.15) is 0 Å². The average Bonchev–Trinajstić information content (AvgIpc) is 2.77. The maximum atomic E-state index is 10.6. The van der Waals surface area contributed by atoms with Crippen molar-refractivity contribution in [2.75, 3.05) is 31.1 Å². The average molecular weight is 238 g/mol. The van der Waals surface area contributed by atoms with Crippen molar-refractivity contribution in [1.29, 1.82) is 0 Å². The molecule has 0 unspecified atom stereocenters. The second kappa shape index (κ2) is 4.97. The van der Waals surface area contributed by atoms with Gasteiger partial charge in [0.05, 0.1) is 9.88 Å². The Kier molecular flexibility index (Phi) is 3.61. The molecule has 0 radical (unpaired) electrons. The van der Waals surface area contributed by atoms with Gasteiger partial charge in [-0.05, 0) is 26.0 Å². The van der Waals surface area contributed by atoms with Crippen molar-refractivity contribution in [3.8, 4) is 0 Å². The Bertz CT molecular complexity index is 354. The minimum Gasteiger partial charge on any atom is -0.361 e. The summed E-state index contributed by atoms with van der Waals surface area (Å²) in [5, 5.41) is 1.23. The largest absolute Gasteiger partial charge is 0.361 e. The summed E-state index contributed by atoms with van der Waals surface area (Å²) >= 11 is 1.59. The first kappa shape index (κ1) is 11.6. The monoisotopic (exact) mass is 238 g/mol. The highest BCUT2D eigenvalue weighted by atomic mass is 32.1. The molecule has 1 aromatic heterocycles. The molecule has 1 fully saturated rings. The Morgan fingerprint density at radius 3 is 2.44 bits per heavy atom. The third kappa shape index (κ3) is 2.44. The smallest absolute Gasteiger partial charge is 0.160 e. The molecular formula is C12H18N2OS. The number of carbonyl (C=O) groups is 1. The molecule has 2 rings (SSSR count). The summed E-state index contributed by atoms with van der Waals surface area (Å²) in [6.45, 7) is 8.85. The molecule has 0 atom stereocenters. The molecule has 0 bridgehead atoms. The van der Waals surface area contributed by atoms with E-state index in [0.717, 1.165) is 37.3 Å². The van der Waals surface area contributed by atoms with Crippen LogP contribution in [0, 0.1) is 0 Å². The number of aldehydes is 1. The number of carbonyl (C=O) groups excluding carboxylic acids is 1. The van der Waals surface area contributed by atoms with E-state index in [1.165, 1.54) is 5.00 Å². The maximum Gasteiger partial charge on any atom is 0.160 e. The molecule has 3 nitrogen and oxygen atoms in total. The lowest BCUT2D eigenvalue weighted by Gasteiger charge is -2.37. The van der Waals surface area contributed by atoms with Gasteiger partial charge in [0, 0.05) is 32.2 Å². The van der Waals surface area contributed by atoms with Crippen LogP contribution in [0.4, 0.5) is 5.00 Å². The molecule has 1 aromatic rings. The molecule has 1 aliphatic rings. The predicted octanol–water partition coefficient (Wildman–Crippen LogP) is 2.09. The van der Waals surface area contributed by atoms with E-state index in [2.05, 4.69) is 29.7 Å². The number of thiophene rings is 1. The van der Waals surface area contributed by atoms with E-state index in [4.69, 9.17) is 0 Å². The number of piperazine rings is 1. The fourth-order valence-electron chi connectivity index (χ4n) is 2.03. The summed E-state index contributed by atoms with van der Waals surface area (Å²) in [7, 11) is 0. The highest BCUT2D eigenvalue weighted by Crippen LogP contribution is 2.26. The van der Waals surface area contributed by atoms with E-state index >= 15 is 0 Å². The van der Waals surface area contributed by atoms with Gasteiger partial charge in [-0.1, -0.05) is 0 Å². The van der Waals surface area contributed by atoms with Crippen LogP contribution in [-0.2, 0) is 0 Å². The van der Waals surface area contributed by atoms with Crippen LogP contribution in [0.3, 0.4) is 0 Å². The topological polar surface area (TPSA) is 23.6 Å². The van der Waals surface area contributed by atoms with Crippen molar-refractivity contribution >= 4 is 22.6 Å². The zero-order valence-electron chi connectivity index (χ0n) is 9.85. The van der Waals surface area contributed by atoms with Gasteiger partial charge in [0.15, 0.2) is 6.29 Å². The number of anilines is 1. The Morgan fingerprint density at radius 1 is 1.25 bits per heavy atom. The second-order valence-electron chi connectivity index (χ2n) is 4.41. The first-order chi connectivity index (χ1) is 7.70. The highest BCUT2D eigenvalue weighted by molar-refractivity contribution is 7.17. The molecular weight excluding hydrogens is 220 g/mol. The maximum absolute atomic E-state index is 10.6. The van der Waals surface area contributed by atoms with Gasteiger partial charge < -0.3 is 4.90 Å². The fourth-order valence-corrected chi connectivity index (χ4v) is 2.91. The molecule has 16 heavy (non-hydrogen) atoms. The zero-order valence-corrected chi connectivity index (χ0v) is 10.7. The molecule has 1 aliphatic heterocycles. The zero-order chi connectivity index (χ0) is 11.5. The minimum atomic E-state index is 0.635. The molecule has 2 heterocycles. The van der Waals surface area contributed by atoms with Crippen molar-refractivity contribution < 1.29 is 4.79 Å². The van der Waals surface area contributed by atoms with Gasteiger partial charge in [0.2, 0.25) is 0 Å². The van der Waals surface area contributed by atoms with Crippen LogP contribution < -0.4 is 4.90 Å². The lowest BCUT2D eigenvalue weighted by Crippen LogP contribution is -2.48. The lowest BCUT2D eigenvalue weighted by molar-refractivity contribution is 0.112. The Morgan fingerprint density at radius 2 is 1.94 bits per heavy atom. The van der Waals surface area contributed by atoms with E-state index in [1.54, 1.807) is 11.3 Å². The minimum absolute atomic E-state index is 0.635. The van der Waals surface area contributed by atoms with Crippen molar-refractivity contribution in [2.24, 2.45) is 0 Å². The van der Waals surface area contributed by atoms with E-state index in [0.29, 0.717) is 6.04 Å². The van der Waals surface area contributed by atoms with Gasteiger partial charge in [-0.15, -0.1) is 11.3 Å². The number of nitrogens with zero attached hydrogens (tertiary/aromatic N) is 2. The van der Waals surface area contributed by atoms with Crippen LogP contribution in [0.25, 0.3) is 0 Å². The van der Waals surface area contributed by atoms with Crippen LogP contribution >= 0.6 is 11.3 Å². The first-order valence-corrected chi connectivity index (χ1v) is 6.56. The molecule has 0 spiro atoms. The van der Waals surface area contributed by atoms with Gasteiger partial charge in [-0.25, -0.2) is 0 Å².